The van der Waals surface area contributed by atoms with Crippen LogP contribution in [-0.2, 0) is 11.8 Å². The normalized spacial score (nSPS) is 14.3. The van der Waals surface area contributed by atoms with Gasteiger partial charge in [-0.15, -0.1) is 0 Å². The maximum Gasteiger partial charge on any atom is 0.260 e. The number of aryl methyl sites for hydroxylation is 1. The molecule has 2 aromatic heterocycles. The Bertz CT molecular complexity index is 1040. The van der Waals surface area contributed by atoms with Crippen molar-refractivity contribution < 1.29 is 14.3 Å². The number of carbonyl (C=O) groups is 1. The van der Waals surface area contributed by atoms with E-state index >= 15 is 0 Å². The van der Waals surface area contributed by atoms with Gasteiger partial charge in [0, 0.05) is 50.9 Å². The molecule has 1 fully saturated rings. The highest BCUT2D eigenvalue weighted by atomic mass is 16.5. The van der Waals surface area contributed by atoms with Crippen LogP contribution in [0.15, 0.2) is 42.9 Å². The van der Waals surface area contributed by atoms with Gasteiger partial charge < -0.3 is 23.8 Å². The Labute approximate surface area is 182 Å². The van der Waals surface area contributed by atoms with Gasteiger partial charge in [0.15, 0.2) is 6.61 Å². The van der Waals surface area contributed by atoms with Crippen LogP contribution < -0.4 is 14.4 Å². The number of rotatable bonds is 7. The second-order valence-electron chi connectivity index (χ2n) is 8.19. The maximum absolute atomic E-state index is 12.7. The molecule has 1 saturated heterocycles. The topological polar surface area (TPSA) is 72.7 Å². The van der Waals surface area contributed by atoms with Gasteiger partial charge in [-0.2, -0.15) is 0 Å². The number of benzene rings is 1. The van der Waals surface area contributed by atoms with E-state index in [1.807, 2.05) is 53.0 Å². The lowest BCUT2D eigenvalue weighted by Crippen LogP contribution is -2.50. The predicted molar refractivity (Wildman–Crippen MR) is 120 cm³/mol. The number of aromatic nitrogens is 3. The lowest BCUT2D eigenvalue weighted by molar-refractivity contribution is -0.133. The zero-order valence-corrected chi connectivity index (χ0v) is 18.3. The van der Waals surface area contributed by atoms with Gasteiger partial charge in [-0.3, -0.25) is 4.79 Å². The van der Waals surface area contributed by atoms with E-state index in [0.29, 0.717) is 44.6 Å². The van der Waals surface area contributed by atoms with Crippen LogP contribution in [0.3, 0.4) is 0 Å². The van der Waals surface area contributed by atoms with Crippen molar-refractivity contribution in [1.29, 1.82) is 0 Å². The van der Waals surface area contributed by atoms with Gasteiger partial charge >= 0.3 is 0 Å². The van der Waals surface area contributed by atoms with Gasteiger partial charge in [0.05, 0.1) is 12.1 Å². The molecule has 3 heterocycles. The fraction of sp³-hybridized carbons (Fsp3) is 0.435. The number of fused-ring (bicyclic) bond motifs is 1. The Balaban J connectivity index is 1.30. The molecule has 1 aromatic carbocycles. The number of ether oxygens (including phenoxy) is 2. The fourth-order valence-electron chi connectivity index (χ4n) is 3.65. The first-order valence-electron chi connectivity index (χ1n) is 10.7. The maximum atomic E-state index is 12.7. The number of amides is 1. The first-order chi connectivity index (χ1) is 15.0. The van der Waals surface area contributed by atoms with Crippen molar-refractivity contribution in [1.82, 2.24) is 19.4 Å². The molecule has 0 aliphatic carbocycles. The molecule has 0 atom stereocenters. The van der Waals surface area contributed by atoms with E-state index in [1.54, 1.807) is 0 Å². The first kappa shape index (κ1) is 21.0. The van der Waals surface area contributed by atoms with Crippen molar-refractivity contribution in [3.63, 3.8) is 0 Å². The molecule has 0 saturated carbocycles. The van der Waals surface area contributed by atoms with Gasteiger partial charge in [-0.05, 0) is 24.1 Å². The van der Waals surface area contributed by atoms with Crippen molar-refractivity contribution in [2.45, 2.75) is 13.8 Å². The van der Waals surface area contributed by atoms with E-state index < -0.39 is 0 Å². The van der Waals surface area contributed by atoms with Crippen LogP contribution in [0.1, 0.15) is 13.8 Å². The average Bonchev–Trinajstić information content (AvgIpc) is 3.18. The number of nitrogens with zero attached hydrogens (tertiary/aromatic N) is 5. The van der Waals surface area contributed by atoms with Gasteiger partial charge in [0.1, 0.15) is 17.9 Å². The summed E-state index contributed by atoms with van der Waals surface area (Å²) in [6.45, 7) is 7.53. The molecule has 0 bridgehead atoms. The smallest absolute Gasteiger partial charge is 0.260 e. The highest BCUT2D eigenvalue weighted by Crippen LogP contribution is 2.26. The largest absolute Gasteiger partial charge is 0.483 e. The van der Waals surface area contributed by atoms with Gasteiger partial charge in [0.2, 0.25) is 5.88 Å². The Morgan fingerprint density at radius 1 is 1.10 bits per heavy atom. The molecule has 1 aliphatic rings. The molecule has 164 valence electrons. The molecule has 0 N–H and O–H groups in total. The first-order valence-corrected chi connectivity index (χ1v) is 10.7. The highest BCUT2D eigenvalue weighted by Gasteiger charge is 2.23. The summed E-state index contributed by atoms with van der Waals surface area (Å²) in [5.41, 5.74) is 1.08. The van der Waals surface area contributed by atoms with Crippen molar-refractivity contribution in [3.05, 3.63) is 42.9 Å². The zero-order valence-electron chi connectivity index (χ0n) is 18.3. The summed E-state index contributed by atoms with van der Waals surface area (Å²) >= 11 is 0. The molecule has 3 aromatic rings. The Morgan fingerprint density at radius 3 is 2.68 bits per heavy atom. The van der Waals surface area contributed by atoms with Gasteiger partial charge in [0.25, 0.3) is 5.91 Å². The minimum atomic E-state index is -0.00349. The third-order valence-electron chi connectivity index (χ3n) is 5.39. The van der Waals surface area contributed by atoms with E-state index in [4.69, 9.17) is 9.47 Å². The second-order valence-corrected chi connectivity index (χ2v) is 8.19. The van der Waals surface area contributed by atoms with E-state index in [0.717, 1.165) is 22.5 Å². The molecular formula is C23H29N5O3. The summed E-state index contributed by atoms with van der Waals surface area (Å²) in [6.07, 6.45) is 3.52. The third kappa shape index (κ3) is 4.90. The quantitative estimate of drug-likeness (QED) is 0.582. The van der Waals surface area contributed by atoms with Crippen molar-refractivity contribution >= 4 is 22.6 Å². The summed E-state index contributed by atoms with van der Waals surface area (Å²) < 4.78 is 13.6. The molecule has 0 unspecified atom stereocenters. The number of piperazine rings is 1. The number of hydrogen-bond donors (Lipinski definition) is 0. The summed E-state index contributed by atoms with van der Waals surface area (Å²) in [4.78, 5) is 25.2. The standard InChI is InChI=1S/C23H29N5O3/c1-17(2)14-31-22-13-21(24-16-25-22)27-9-11-28(12-10-27)23(29)15-30-20-6-4-5-19-18(20)7-8-26(19)3/h4-8,13,16-17H,9-12,14-15H2,1-3H3. The van der Waals surface area contributed by atoms with Crippen LogP contribution in [0, 0.1) is 5.92 Å². The zero-order chi connectivity index (χ0) is 21.8. The molecular weight excluding hydrogens is 394 g/mol. The molecule has 1 amide bonds. The van der Waals surface area contributed by atoms with E-state index in [-0.39, 0.29) is 12.5 Å². The van der Waals surface area contributed by atoms with Crippen molar-refractivity contribution in [2.24, 2.45) is 13.0 Å². The summed E-state index contributed by atoms with van der Waals surface area (Å²) in [5.74, 6) is 2.58. The number of carbonyl (C=O) groups excluding carboxylic acids is 1. The molecule has 0 spiro atoms. The number of anilines is 1. The summed E-state index contributed by atoms with van der Waals surface area (Å²) in [5, 5.41) is 1.02. The molecule has 8 nitrogen and oxygen atoms in total. The van der Waals surface area contributed by atoms with Crippen LogP contribution in [0.5, 0.6) is 11.6 Å². The van der Waals surface area contributed by atoms with E-state index in [1.165, 1.54) is 6.33 Å². The van der Waals surface area contributed by atoms with Crippen LogP contribution in [0.4, 0.5) is 5.82 Å². The number of hydrogen-bond acceptors (Lipinski definition) is 6. The Hall–Kier alpha value is -3.29. The molecule has 1 aliphatic heterocycles. The Morgan fingerprint density at radius 2 is 1.90 bits per heavy atom. The molecule has 31 heavy (non-hydrogen) atoms. The monoisotopic (exact) mass is 423 g/mol. The lowest BCUT2D eigenvalue weighted by Gasteiger charge is -2.35. The van der Waals surface area contributed by atoms with Crippen LogP contribution in [0.25, 0.3) is 10.9 Å². The lowest BCUT2D eigenvalue weighted by atomic mass is 10.2. The van der Waals surface area contributed by atoms with Crippen LogP contribution in [-0.4, -0.2) is 64.7 Å². The van der Waals surface area contributed by atoms with Gasteiger partial charge in [-0.1, -0.05) is 19.9 Å². The molecule has 8 heteroatoms. The Kier molecular flexibility index (Phi) is 6.25. The van der Waals surface area contributed by atoms with Gasteiger partial charge in [-0.25, -0.2) is 9.97 Å². The van der Waals surface area contributed by atoms with Crippen LogP contribution in [0.2, 0.25) is 0 Å². The minimum absolute atomic E-state index is 0.00349. The second kappa shape index (κ2) is 9.24. The average molecular weight is 424 g/mol. The minimum Gasteiger partial charge on any atom is -0.483 e. The predicted octanol–water partition coefficient (Wildman–Crippen LogP) is 2.73. The fourth-order valence-corrected chi connectivity index (χ4v) is 3.65. The highest BCUT2D eigenvalue weighted by molar-refractivity contribution is 5.87. The van der Waals surface area contributed by atoms with E-state index in [2.05, 4.69) is 28.7 Å². The van der Waals surface area contributed by atoms with Crippen molar-refractivity contribution in [2.75, 3.05) is 44.3 Å². The molecule has 0 radical (unpaired) electrons. The molecule has 4 rings (SSSR count). The third-order valence-corrected chi connectivity index (χ3v) is 5.39. The summed E-state index contributed by atoms with van der Waals surface area (Å²) in [7, 11) is 1.99. The summed E-state index contributed by atoms with van der Waals surface area (Å²) in [6, 6.07) is 9.76. The van der Waals surface area contributed by atoms with Crippen molar-refractivity contribution in [3.8, 4) is 11.6 Å². The SMILES string of the molecule is CC(C)COc1cc(N2CCN(C(=O)COc3cccc4c3ccn4C)CC2)ncn1. The van der Waals surface area contributed by atoms with E-state index in [9.17, 15) is 4.79 Å². The van der Waals surface area contributed by atoms with Crippen LogP contribution >= 0.6 is 0 Å².